The molecule has 1 atom stereocenters. The number of hydrogen-bond donors (Lipinski definition) is 1. The molecule has 0 saturated carbocycles. The molecule has 0 spiro atoms. The number of nitrogens with one attached hydrogen (secondary N) is 1. The van der Waals surface area contributed by atoms with E-state index in [0.29, 0.717) is 6.04 Å². The van der Waals surface area contributed by atoms with Crippen molar-refractivity contribution in [3.05, 3.63) is 11.6 Å². The topological polar surface area (TPSA) is 15.3 Å². The maximum atomic E-state index is 3.26. The quantitative estimate of drug-likeness (QED) is 0.593. The Morgan fingerprint density at radius 1 is 1.64 bits per heavy atom. The molecular formula is C9H18N2. The van der Waals surface area contributed by atoms with Gasteiger partial charge >= 0.3 is 0 Å². The Kier molecular flexibility index (Phi) is 3.09. The van der Waals surface area contributed by atoms with Gasteiger partial charge in [0, 0.05) is 19.1 Å². The summed E-state index contributed by atoms with van der Waals surface area (Å²) in [6.45, 7) is 4.55. The van der Waals surface area contributed by atoms with Gasteiger partial charge in [0.25, 0.3) is 0 Å². The molecule has 0 bridgehead atoms. The summed E-state index contributed by atoms with van der Waals surface area (Å²) < 4.78 is 0. The standard InChI is InChI=1S/C9H18N2/c1-8(10-2)9-5-4-6-11(3)7-9/h5,8,10H,4,6-7H2,1-3H3. The lowest BCUT2D eigenvalue weighted by Crippen LogP contribution is -2.34. The van der Waals surface area contributed by atoms with Crippen LogP contribution in [-0.2, 0) is 0 Å². The molecule has 0 aromatic carbocycles. The molecule has 1 aliphatic rings. The molecule has 1 unspecified atom stereocenters. The predicted molar refractivity (Wildman–Crippen MR) is 48.7 cm³/mol. The summed E-state index contributed by atoms with van der Waals surface area (Å²) in [5, 5.41) is 3.26. The normalized spacial score (nSPS) is 23.0. The fourth-order valence-electron chi connectivity index (χ4n) is 1.42. The molecule has 1 rings (SSSR count). The molecule has 1 aliphatic heterocycles. The van der Waals surface area contributed by atoms with Crippen LogP contribution in [0.15, 0.2) is 11.6 Å². The SMILES string of the molecule is CNC(C)C1=CCCN(C)C1. The molecule has 0 aromatic heterocycles. The van der Waals surface area contributed by atoms with Crippen molar-refractivity contribution in [2.45, 2.75) is 19.4 Å². The van der Waals surface area contributed by atoms with Gasteiger partial charge in [-0.2, -0.15) is 0 Å². The Hall–Kier alpha value is -0.340. The number of likely N-dealkylation sites (N-methyl/N-ethyl adjacent to an activating group) is 2. The summed E-state index contributed by atoms with van der Waals surface area (Å²) in [7, 11) is 4.19. The van der Waals surface area contributed by atoms with Gasteiger partial charge < -0.3 is 10.2 Å². The number of rotatable bonds is 2. The van der Waals surface area contributed by atoms with Crippen LogP contribution in [0.2, 0.25) is 0 Å². The Morgan fingerprint density at radius 2 is 2.36 bits per heavy atom. The van der Waals surface area contributed by atoms with Crippen LogP contribution in [0.1, 0.15) is 13.3 Å². The van der Waals surface area contributed by atoms with Gasteiger partial charge in [0.2, 0.25) is 0 Å². The minimum absolute atomic E-state index is 0.540. The van der Waals surface area contributed by atoms with Crippen molar-refractivity contribution >= 4 is 0 Å². The second-order valence-electron chi connectivity index (χ2n) is 3.32. The van der Waals surface area contributed by atoms with Gasteiger partial charge in [0.1, 0.15) is 0 Å². The van der Waals surface area contributed by atoms with E-state index in [2.05, 4.69) is 30.3 Å². The first-order valence-corrected chi connectivity index (χ1v) is 4.28. The maximum absolute atomic E-state index is 3.26. The van der Waals surface area contributed by atoms with Crippen LogP contribution < -0.4 is 5.32 Å². The van der Waals surface area contributed by atoms with Crippen LogP contribution in [-0.4, -0.2) is 38.1 Å². The molecule has 2 heteroatoms. The minimum atomic E-state index is 0.540. The van der Waals surface area contributed by atoms with Gasteiger partial charge in [-0.15, -0.1) is 0 Å². The fourth-order valence-corrected chi connectivity index (χ4v) is 1.42. The summed E-state index contributed by atoms with van der Waals surface area (Å²) >= 11 is 0. The van der Waals surface area contributed by atoms with E-state index in [1.54, 1.807) is 0 Å². The lowest BCUT2D eigenvalue weighted by Gasteiger charge is -2.26. The van der Waals surface area contributed by atoms with Crippen LogP contribution in [0.25, 0.3) is 0 Å². The van der Waals surface area contributed by atoms with Crippen molar-refractivity contribution in [1.82, 2.24) is 10.2 Å². The molecule has 0 fully saturated rings. The number of hydrogen-bond acceptors (Lipinski definition) is 2. The minimum Gasteiger partial charge on any atom is -0.313 e. The fraction of sp³-hybridized carbons (Fsp3) is 0.778. The zero-order valence-corrected chi connectivity index (χ0v) is 7.72. The van der Waals surface area contributed by atoms with E-state index < -0.39 is 0 Å². The smallest absolute Gasteiger partial charge is 0.0260 e. The average molecular weight is 154 g/mol. The van der Waals surface area contributed by atoms with Gasteiger partial charge in [-0.25, -0.2) is 0 Å². The Labute approximate surface area is 69.3 Å². The second kappa shape index (κ2) is 3.88. The molecule has 1 heterocycles. The van der Waals surface area contributed by atoms with Gasteiger partial charge in [-0.3, -0.25) is 0 Å². The molecule has 2 nitrogen and oxygen atoms in total. The summed E-state index contributed by atoms with van der Waals surface area (Å²) in [6.07, 6.45) is 3.57. The van der Waals surface area contributed by atoms with Crippen molar-refractivity contribution in [3.8, 4) is 0 Å². The van der Waals surface area contributed by atoms with Gasteiger partial charge in [-0.05, 0) is 33.0 Å². The highest BCUT2D eigenvalue weighted by Gasteiger charge is 2.12. The van der Waals surface area contributed by atoms with E-state index in [1.807, 2.05) is 7.05 Å². The summed E-state index contributed by atoms with van der Waals surface area (Å²) in [5.41, 5.74) is 1.53. The first kappa shape index (κ1) is 8.75. The van der Waals surface area contributed by atoms with E-state index in [-0.39, 0.29) is 0 Å². The van der Waals surface area contributed by atoms with Gasteiger partial charge in [-0.1, -0.05) is 6.08 Å². The zero-order valence-electron chi connectivity index (χ0n) is 7.72. The van der Waals surface area contributed by atoms with Crippen molar-refractivity contribution in [3.63, 3.8) is 0 Å². The third-order valence-electron chi connectivity index (χ3n) is 2.36. The summed E-state index contributed by atoms with van der Waals surface area (Å²) in [5.74, 6) is 0. The zero-order chi connectivity index (χ0) is 8.27. The molecule has 11 heavy (non-hydrogen) atoms. The largest absolute Gasteiger partial charge is 0.313 e. The van der Waals surface area contributed by atoms with Crippen molar-refractivity contribution < 1.29 is 0 Å². The monoisotopic (exact) mass is 154 g/mol. The van der Waals surface area contributed by atoms with Crippen LogP contribution >= 0.6 is 0 Å². The van der Waals surface area contributed by atoms with Crippen molar-refractivity contribution in [2.24, 2.45) is 0 Å². The summed E-state index contributed by atoms with van der Waals surface area (Å²) in [6, 6.07) is 0.540. The Bertz CT molecular complexity index is 152. The third kappa shape index (κ3) is 2.31. The maximum Gasteiger partial charge on any atom is 0.0260 e. The lowest BCUT2D eigenvalue weighted by molar-refractivity contribution is 0.343. The summed E-state index contributed by atoms with van der Waals surface area (Å²) in [4.78, 5) is 2.36. The van der Waals surface area contributed by atoms with Crippen molar-refractivity contribution in [1.29, 1.82) is 0 Å². The molecule has 0 saturated heterocycles. The van der Waals surface area contributed by atoms with E-state index in [4.69, 9.17) is 0 Å². The predicted octanol–water partition coefficient (Wildman–Crippen LogP) is 0.856. The van der Waals surface area contributed by atoms with Crippen LogP contribution in [0.5, 0.6) is 0 Å². The first-order valence-electron chi connectivity index (χ1n) is 4.28. The first-order chi connectivity index (χ1) is 5.24. The molecule has 0 amide bonds. The highest BCUT2D eigenvalue weighted by atomic mass is 15.1. The van der Waals surface area contributed by atoms with E-state index in [0.717, 1.165) is 6.54 Å². The molecule has 1 N–H and O–H groups in total. The lowest BCUT2D eigenvalue weighted by atomic mass is 10.0. The molecular weight excluding hydrogens is 136 g/mol. The Morgan fingerprint density at radius 3 is 2.91 bits per heavy atom. The van der Waals surface area contributed by atoms with Gasteiger partial charge in [0.05, 0.1) is 0 Å². The highest BCUT2D eigenvalue weighted by Crippen LogP contribution is 2.10. The second-order valence-corrected chi connectivity index (χ2v) is 3.32. The van der Waals surface area contributed by atoms with E-state index in [1.165, 1.54) is 18.5 Å². The van der Waals surface area contributed by atoms with Crippen LogP contribution in [0.4, 0.5) is 0 Å². The van der Waals surface area contributed by atoms with Crippen molar-refractivity contribution in [2.75, 3.05) is 27.2 Å². The third-order valence-corrected chi connectivity index (χ3v) is 2.36. The van der Waals surface area contributed by atoms with Crippen LogP contribution in [0, 0.1) is 0 Å². The van der Waals surface area contributed by atoms with Crippen LogP contribution in [0.3, 0.4) is 0 Å². The molecule has 0 radical (unpaired) electrons. The molecule has 0 aromatic rings. The van der Waals surface area contributed by atoms with E-state index >= 15 is 0 Å². The molecule has 0 aliphatic carbocycles. The van der Waals surface area contributed by atoms with E-state index in [9.17, 15) is 0 Å². The number of nitrogens with zero attached hydrogens (tertiary/aromatic N) is 1. The Balaban J connectivity index is 2.50. The average Bonchev–Trinajstić information content (AvgIpc) is 2.03. The highest BCUT2D eigenvalue weighted by molar-refractivity contribution is 5.13. The van der Waals surface area contributed by atoms with Gasteiger partial charge in [0.15, 0.2) is 0 Å². The molecule has 64 valence electrons.